The predicted octanol–water partition coefficient (Wildman–Crippen LogP) is 3.30. The van der Waals surface area contributed by atoms with Crippen LogP contribution in [0.2, 0.25) is 5.02 Å². The van der Waals surface area contributed by atoms with Gasteiger partial charge >= 0.3 is 0 Å². The van der Waals surface area contributed by atoms with Gasteiger partial charge in [-0.05, 0) is 24.3 Å². The van der Waals surface area contributed by atoms with Crippen LogP contribution in [0.15, 0.2) is 41.8 Å². The second kappa shape index (κ2) is 5.98. The van der Waals surface area contributed by atoms with Crippen LogP contribution in [0.25, 0.3) is 0 Å². The molecule has 1 aromatic carbocycles. The van der Waals surface area contributed by atoms with Gasteiger partial charge in [0.1, 0.15) is 0 Å². The van der Waals surface area contributed by atoms with Crippen molar-refractivity contribution in [2.75, 3.05) is 11.5 Å². The number of aromatic nitrogens is 2. The van der Waals surface area contributed by atoms with Crippen LogP contribution in [0.3, 0.4) is 0 Å². The summed E-state index contributed by atoms with van der Waals surface area (Å²) in [4.78, 5) is 4.99. The molecule has 2 N–H and O–H groups in total. The molecule has 0 aliphatic heterocycles. The number of hydrogen-bond acceptors (Lipinski definition) is 3. The lowest BCUT2D eigenvalue weighted by Crippen LogP contribution is -1.96. The lowest BCUT2D eigenvalue weighted by Gasteiger charge is -2.07. The topological polar surface area (TPSA) is 43.8 Å². The van der Waals surface area contributed by atoms with Crippen molar-refractivity contribution in [1.29, 1.82) is 0 Å². The summed E-state index contributed by atoms with van der Waals surface area (Å²) in [6.07, 6.45) is 6.65. The first kappa shape index (κ1) is 12.3. The minimum Gasteiger partial charge on any atom is -0.398 e. The van der Waals surface area contributed by atoms with Crippen LogP contribution in [0.4, 0.5) is 5.69 Å². The van der Waals surface area contributed by atoms with Crippen LogP contribution >= 0.6 is 23.4 Å². The van der Waals surface area contributed by atoms with E-state index in [0.29, 0.717) is 0 Å². The van der Waals surface area contributed by atoms with Crippen molar-refractivity contribution in [2.24, 2.45) is 0 Å². The van der Waals surface area contributed by atoms with Gasteiger partial charge in [-0.25, -0.2) is 4.98 Å². The normalized spacial score (nSPS) is 10.6. The van der Waals surface area contributed by atoms with Crippen molar-refractivity contribution in [2.45, 2.75) is 17.9 Å². The minimum atomic E-state index is 0.734. The lowest BCUT2D eigenvalue weighted by atomic mass is 10.3. The number of nitrogens with zero attached hydrogens (tertiary/aromatic N) is 2. The first-order chi connectivity index (χ1) is 8.27. The van der Waals surface area contributed by atoms with E-state index in [1.165, 1.54) is 0 Å². The Kier molecular flexibility index (Phi) is 4.34. The molecule has 0 radical (unpaired) electrons. The fraction of sp³-hybridized carbons (Fsp3) is 0.250. The Morgan fingerprint density at radius 1 is 1.41 bits per heavy atom. The van der Waals surface area contributed by atoms with Crippen molar-refractivity contribution in [3.63, 3.8) is 0 Å². The number of nitrogens with two attached hydrogens (primary N) is 1. The molecule has 0 atom stereocenters. The molecule has 0 unspecified atom stereocenters. The Balaban J connectivity index is 1.82. The first-order valence-electron chi connectivity index (χ1n) is 5.40. The number of benzene rings is 1. The second-order valence-corrected chi connectivity index (χ2v) is 5.17. The Labute approximate surface area is 110 Å². The number of aryl methyl sites for hydroxylation is 1. The van der Waals surface area contributed by atoms with E-state index in [1.807, 2.05) is 30.7 Å². The number of imidazole rings is 1. The standard InChI is InChI=1S/C12H14ClN3S/c13-10-3-1-4-11(14)12(10)17-8-2-6-16-7-5-15-9-16/h1,3-5,7,9H,2,6,8,14H2. The fourth-order valence-corrected chi connectivity index (χ4v) is 2.78. The molecule has 1 aromatic heterocycles. The van der Waals surface area contributed by atoms with Crippen LogP contribution in [-0.2, 0) is 6.54 Å². The Bertz CT molecular complexity index is 450. The van der Waals surface area contributed by atoms with Crippen LogP contribution in [0, 0.1) is 0 Å². The Hall–Kier alpha value is -1.13. The van der Waals surface area contributed by atoms with Gasteiger partial charge in [0.15, 0.2) is 0 Å². The highest BCUT2D eigenvalue weighted by atomic mass is 35.5. The van der Waals surface area contributed by atoms with E-state index in [-0.39, 0.29) is 0 Å². The van der Waals surface area contributed by atoms with Crippen molar-refractivity contribution >= 4 is 29.1 Å². The maximum absolute atomic E-state index is 6.09. The maximum Gasteiger partial charge on any atom is 0.0945 e. The molecule has 0 saturated carbocycles. The van der Waals surface area contributed by atoms with E-state index in [4.69, 9.17) is 17.3 Å². The molecule has 0 aliphatic carbocycles. The number of halogens is 1. The Morgan fingerprint density at radius 2 is 2.29 bits per heavy atom. The SMILES string of the molecule is Nc1cccc(Cl)c1SCCCn1ccnc1. The minimum absolute atomic E-state index is 0.734. The van der Waals surface area contributed by atoms with Crippen molar-refractivity contribution < 1.29 is 0 Å². The molecule has 1 heterocycles. The van der Waals surface area contributed by atoms with Crippen molar-refractivity contribution in [3.8, 4) is 0 Å². The fourth-order valence-electron chi connectivity index (χ4n) is 1.52. The van der Waals surface area contributed by atoms with Gasteiger partial charge in [0.25, 0.3) is 0 Å². The highest BCUT2D eigenvalue weighted by Crippen LogP contribution is 2.32. The zero-order valence-electron chi connectivity index (χ0n) is 9.34. The van der Waals surface area contributed by atoms with Gasteiger partial charge < -0.3 is 10.3 Å². The smallest absolute Gasteiger partial charge is 0.0945 e. The van der Waals surface area contributed by atoms with E-state index in [2.05, 4.69) is 9.55 Å². The van der Waals surface area contributed by atoms with Crippen LogP contribution in [-0.4, -0.2) is 15.3 Å². The van der Waals surface area contributed by atoms with Gasteiger partial charge in [-0.1, -0.05) is 17.7 Å². The van der Waals surface area contributed by atoms with E-state index in [0.717, 1.165) is 34.3 Å². The van der Waals surface area contributed by atoms with Gasteiger partial charge in [0.2, 0.25) is 0 Å². The summed E-state index contributed by atoms with van der Waals surface area (Å²) in [7, 11) is 0. The zero-order chi connectivity index (χ0) is 12.1. The summed E-state index contributed by atoms with van der Waals surface area (Å²) in [5, 5.41) is 0.734. The third-order valence-corrected chi connectivity index (χ3v) is 4.03. The molecule has 0 saturated heterocycles. The van der Waals surface area contributed by atoms with Crippen molar-refractivity contribution in [3.05, 3.63) is 41.9 Å². The number of thioether (sulfide) groups is 1. The summed E-state index contributed by atoms with van der Waals surface area (Å²) >= 11 is 7.80. The molecule has 0 aliphatic rings. The molecule has 0 spiro atoms. The molecular formula is C12H14ClN3S. The summed E-state index contributed by atoms with van der Waals surface area (Å²) < 4.78 is 2.07. The summed E-state index contributed by atoms with van der Waals surface area (Å²) in [5.74, 6) is 0.992. The lowest BCUT2D eigenvalue weighted by molar-refractivity contribution is 0.683. The van der Waals surface area contributed by atoms with Crippen LogP contribution in [0.5, 0.6) is 0 Å². The quantitative estimate of drug-likeness (QED) is 0.514. The number of rotatable bonds is 5. The van der Waals surface area contributed by atoms with E-state index in [1.54, 1.807) is 18.0 Å². The molecule has 2 aromatic rings. The van der Waals surface area contributed by atoms with Crippen molar-refractivity contribution in [1.82, 2.24) is 9.55 Å². The molecule has 2 rings (SSSR count). The van der Waals surface area contributed by atoms with E-state index < -0.39 is 0 Å². The largest absolute Gasteiger partial charge is 0.398 e. The predicted molar refractivity (Wildman–Crippen MR) is 73.4 cm³/mol. The number of anilines is 1. The van der Waals surface area contributed by atoms with Gasteiger partial charge in [-0.3, -0.25) is 0 Å². The molecule has 0 amide bonds. The van der Waals surface area contributed by atoms with Gasteiger partial charge in [-0.2, -0.15) is 0 Å². The van der Waals surface area contributed by atoms with Gasteiger partial charge in [0, 0.05) is 29.5 Å². The summed E-state index contributed by atoms with van der Waals surface area (Å²) in [6, 6.07) is 5.62. The molecule has 0 bridgehead atoms. The summed E-state index contributed by atoms with van der Waals surface area (Å²) in [5.41, 5.74) is 6.63. The monoisotopic (exact) mass is 267 g/mol. The van der Waals surface area contributed by atoms with Crippen LogP contribution < -0.4 is 5.73 Å². The first-order valence-corrected chi connectivity index (χ1v) is 6.76. The summed E-state index contributed by atoms with van der Waals surface area (Å²) in [6.45, 7) is 0.970. The highest BCUT2D eigenvalue weighted by Gasteiger charge is 2.04. The number of hydrogen-bond donors (Lipinski definition) is 1. The molecular weight excluding hydrogens is 254 g/mol. The molecule has 3 nitrogen and oxygen atoms in total. The molecule has 90 valence electrons. The van der Waals surface area contributed by atoms with E-state index >= 15 is 0 Å². The number of nitrogen functional groups attached to an aromatic ring is 1. The third kappa shape index (κ3) is 3.41. The Morgan fingerprint density at radius 3 is 3.00 bits per heavy atom. The molecule has 5 heteroatoms. The van der Waals surface area contributed by atoms with Gasteiger partial charge in [0.05, 0.1) is 11.3 Å². The molecule has 0 fully saturated rings. The van der Waals surface area contributed by atoms with Gasteiger partial charge in [-0.15, -0.1) is 11.8 Å². The zero-order valence-corrected chi connectivity index (χ0v) is 10.9. The maximum atomic E-state index is 6.09. The average molecular weight is 268 g/mol. The second-order valence-electron chi connectivity index (χ2n) is 3.66. The van der Waals surface area contributed by atoms with E-state index in [9.17, 15) is 0 Å². The highest BCUT2D eigenvalue weighted by molar-refractivity contribution is 7.99. The van der Waals surface area contributed by atoms with Crippen LogP contribution in [0.1, 0.15) is 6.42 Å². The average Bonchev–Trinajstić information content (AvgIpc) is 2.80. The third-order valence-electron chi connectivity index (χ3n) is 2.36. The molecule has 17 heavy (non-hydrogen) atoms.